The van der Waals surface area contributed by atoms with Gasteiger partial charge in [0.2, 0.25) is 5.88 Å². The van der Waals surface area contributed by atoms with Gasteiger partial charge in [-0.05, 0) is 37.0 Å². The summed E-state index contributed by atoms with van der Waals surface area (Å²) >= 11 is 0. The molecule has 1 aromatic rings. The Labute approximate surface area is 122 Å². The quantitative estimate of drug-likeness (QED) is 0.913. The van der Waals surface area contributed by atoms with E-state index in [0.29, 0.717) is 23.0 Å². The molecule has 2 rings (SSSR count). The molecule has 4 nitrogen and oxygen atoms in total. The fourth-order valence-electron chi connectivity index (χ4n) is 3.50. The summed E-state index contributed by atoms with van der Waals surface area (Å²) in [5.74, 6) is 1.94. The first-order valence-electron chi connectivity index (χ1n) is 7.67. The van der Waals surface area contributed by atoms with Gasteiger partial charge < -0.3 is 10.5 Å². The molecule has 0 saturated heterocycles. The molecule has 0 aromatic carbocycles. The Hall–Kier alpha value is -1.32. The van der Waals surface area contributed by atoms with Gasteiger partial charge in [-0.2, -0.15) is 0 Å². The van der Waals surface area contributed by atoms with Gasteiger partial charge in [-0.1, -0.05) is 34.1 Å². The molecule has 20 heavy (non-hydrogen) atoms. The van der Waals surface area contributed by atoms with Gasteiger partial charge in [0.15, 0.2) is 0 Å². The van der Waals surface area contributed by atoms with Gasteiger partial charge in [0.05, 0.1) is 5.56 Å². The van der Waals surface area contributed by atoms with Crippen LogP contribution in [0, 0.1) is 11.3 Å². The number of nitrogen functional groups attached to an aromatic ring is 1. The second-order valence-electron chi connectivity index (χ2n) is 6.95. The predicted octanol–water partition coefficient (Wildman–Crippen LogP) is 3.60. The first kappa shape index (κ1) is 15.1. The number of hydrogen-bond donors (Lipinski definition) is 1. The molecule has 0 aliphatic heterocycles. The number of nitrogens with zero attached hydrogens (tertiary/aromatic N) is 2. The topological polar surface area (TPSA) is 61.0 Å². The number of anilines is 1. The monoisotopic (exact) mass is 277 g/mol. The van der Waals surface area contributed by atoms with E-state index in [9.17, 15) is 0 Å². The van der Waals surface area contributed by atoms with Crippen molar-refractivity contribution in [1.29, 1.82) is 0 Å². The maximum Gasteiger partial charge on any atom is 0.222 e. The third-order valence-corrected chi connectivity index (χ3v) is 4.06. The van der Waals surface area contributed by atoms with Crippen LogP contribution in [0.2, 0.25) is 0 Å². The summed E-state index contributed by atoms with van der Waals surface area (Å²) in [7, 11) is 0. The predicted molar refractivity (Wildman–Crippen MR) is 81.7 cm³/mol. The Bertz CT molecular complexity index is 459. The van der Waals surface area contributed by atoms with Crippen molar-refractivity contribution >= 4 is 5.82 Å². The molecule has 4 heteroatoms. The van der Waals surface area contributed by atoms with Gasteiger partial charge >= 0.3 is 0 Å². The van der Waals surface area contributed by atoms with Crippen molar-refractivity contribution in [3.8, 4) is 5.88 Å². The number of nitrogens with two attached hydrogens (primary N) is 1. The molecule has 2 N–H and O–H groups in total. The molecule has 0 bridgehead atoms. The maximum atomic E-state index is 6.19. The van der Waals surface area contributed by atoms with Crippen LogP contribution in [0.3, 0.4) is 0 Å². The smallest absolute Gasteiger partial charge is 0.222 e. The zero-order valence-electron chi connectivity index (χ0n) is 13.1. The normalized spacial score (nSPS) is 25.4. The Morgan fingerprint density at radius 3 is 2.75 bits per heavy atom. The van der Waals surface area contributed by atoms with E-state index in [1.165, 1.54) is 12.7 Å². The van der Waals surface area contributed by atoms with Crippen molar-refractivity contribution in [3.05, 3.63) is 11.9 Å². The number of aromatic nitrogens is 2. The molecule has 0 amide bonds. The summed E-state index contributed by atoms with van der Waals surface area (Å²) in [6.45, 7) is 9.07. The summed E-state index contributed by atoms with van der Waals surface area (Å²) in [5.41, 5.74) is 7.27. The third-order valence-electron chi connectivity index (χ3n) is 4.06. The molecule has 2 atom stereocenters. The summed E-state index contributed by atoms with van der Waals surface area (Å²) in [4.78, 5) is 8.39. The van der Waals surface area contributed by atoms with E-state index in [4.69, 9.17) is 10.5 Å². The van der Waals surface area contributed by atoms with Crippen LogP contribution in [0.5, 0.6) is 5.88 Å². The minimum Gasteiger partial charge on any atom is -0.474 e. The van der Waals surface area contributed by atoms with Gasteiger partial charge in [-0.25, -0.2) is 9.97 Å². The van der Waals surface area contributed by atoms with E-state index in [1.807, 2.05) is 0 Å². The third kappa shape index (κ3) is 3.62. The summed E-state index contributed by atoms with van der Waals surface area (Å²) in [6, 6.07) is 0. The summed E-state index contributed by atoms with van der Waals surface area (Å²) in [5, 5.41) is 0. The van der Waals surface area contributed by atoms with Crippen molar-refractivity contribution in [2.45, 2.75) is 65.9 Å². The molecule has 2 unspecified atom stereocenters. The zero-order chi connectivity index (χ0) is 14.8. The van der Waals surface area contributed by atoms with Crippen molar-refractivity contribution in [2.24, 2.45) is 11.3 Å². The average Bonchev–Trinajstić information content (AvgIpc) is 2.31. The summed E-state index contributed by atoms with van der Waals surface area (Å²) in [6.07, 6.45) is 7.06. The van der Waals surface area contributed by atoms with E-state index in [1.54, 1.807) is 0 Å². The fraction of sp³-hybridized carbons (Fsp3) is 0.750. The first-order valence-corrected chi connectivity index (χ1v) is 7.67. The molecular formula is C16H27N3O. The zero-order valence-corrected chi connectivity index (χ0v) is 13.1. The first-order chi connectivity index (χ1) is 9.41. The van der Waals surface area contributed by atoms with Crippen molar-refractivity contribution in [3.63, 3.8) is 0 Å². The van der Waals surface area contributed by atoms with Crippen LogP contribution in [-0.4, -0.2) is 16.1 Å². The molecule has 1 aliphatic rings. The fourth-order valence-corrected chi connectivity index (χ4v) is 3.50. The van der Waals surface area contributed by atoms with E-state index in [-0.39, 0.29) is 6.10 Å². The lowest BCUT2D eigenvalue weighted by Gasteiger charge is -2.38. The van der Waals surface area contributed by atoms with Gasteiger partial charge in [0.25, 0.3) is 0 Å². The Morgan fingerprint density at radius 2 is 2.10 bits per heavy atom. The van der Waals surface area contributed by atoms with Crippen LogP contribution < -0.4 is 10.5 Å². The van der Waals surface area contributed by atoms with Crippen LogP contribution in [0.15, 0.2) is 6.33 Å². The van der Waals surface area contributed by atoms with Crippen LogP contribution in [0.1, 0.15) is 58.9 Å². The van der Waals surface area contributed by atoms with Crippen LogP contribution in [0.4, 0.5) is 5.82 Å². The van der Waals surface area contributed by atoms with Crippen LogP contribution in [-0.2, 0) is 6.42 Å². The largest absolute Gasteiger partial charge is 0.474 e. The second-order valence-corrected chi connectivity index (χ2v) is 6.95. The Morgan fingerprint density at radius 1 is 1.35 bits per heavy atom. The molecule has 1 aromatic heterocycles. The highest BCUT2D eigenvalue weighted by atomic mass is 16.5. The number of rotatable bonds is 4. The highest BCUT2D eigenvalue weighted by molar-refractivity contribution is 5.44. The molecular weight excluding hydrogens is 250 g/mol. The van der Waals surface area contributed by atoms with Crippen molar-refractivity contribution < 1.29 is 4.74 Å². The van der Waals surface area contributed by atoms with Gasteiger partial charge in [-0.15, -0.1) is 0 Å². The SMILES string of the molecule is CCCc1c(N)ncnc1OC1CC(C)CC(C)(C)C1. The van der Waals surface area contributed by atoms with E-state index in [0.717, 1.165) is 31.2 Å². The standard InChI is InChI=1S/C16H27N3O/c1-5-6-13-14(17)18-10-19-15(13)20-12-7-11(2)8-16(3,4)9-12/h10-12H,5-9H2,1-4H3,(H2,17,18,19). The highest BCUT2D eigenvalue weighted by Gasteiger charge is 2.33. The average molecular weight is 277 g/mol. The molecule has 1 aliphatic carbocycles. The molecule has 1 saturated carbocycles. The van der Waals surface area contributed by atoms with Crippen LogP contribution >= 0.6 is 0 Å². The Kier molecular flexibility index (Phi) is 4.51. The molecule has 0 radical (unpaired) electrons. The molecule has 112 valence electrons. The lowest BCUT2D eigenvalue weighted by atomic mass is 9.71. The minimum atomic E-state index is 0.235. The van der Waals surface area contributed by atoms with Gasteiger partial charge in [-0.3, -0.25) is 0 Å². The molecule has 1 fully saturated rings. The second kappa shape index (κ2) is 5.98. The highest BCUT2D eigenvalue weighted by Crippen LogP contribution is 2.40. The van der Waals surface area contributed by atoms with Gasteiger partial charge in [0, 0.05) is 0 Å². The maximum absolute atomic E-state index is 6.19. The van der Waals surface area contributed by atoms with E-state index in [2.05, 4.69) is 37.7 Å². The lowest BCUT2D eigenvalue weighted by molar-refractivity contribution is 0.0525. The summed E-state index contributed by atoms with van der Waals surface area (Å²) < 4.78 is 6.19. The Balaban J connectivity index is 2.15. The van der Waals surface area contributed by atoms with Gasteiger partial charge in [0.1, 0.15) is 18.2 Å². The van der Waals surface area contributed by atoms with Crippen LogP contribution in [0.25, 0.3) is 0 Å². The number of ether oxygens (including phenoxy) is 1. The minimum absolute atomic E-state index is 0.235. The lowest BCUT2D eigenvalue weighted by Crippen LogP contribution is -2.34. The van der Waals surface area contributed by atoms with E-state index < -0.39 is 0 Å². The van der Waals surface area contributed by atoms with E-state index >= 15 is 0 Å². The molecule has 1 heterocycles. The van der Waals surface area contributed by atoms with Crippen molar-refractivity contribution in [2.75, 3.05) is 5.73 Å². The molecule has 0 spiro atoms. The van der Waals surface area contributed by atoms with Crippen molar-refractivity contribution in [1.82, 2.24) is 9.97 Å². The number of hydrogen-bond acceptors (Lipinski definition) is 4.